The number of hydrogen-bond donors (Lipinski definition) is 2. The van der Waals surface area contributed by atoms with Crippen molar-refractivity contribution >= 4 is 11.6 Å². The molecule has 2 N–H and O–H groups in total. The van der Waals surface area contributed by atoms with Crippen LogP contribution >= 0.6 is 0 Å². The third-order valence-corrected chi connectivity index (χ3v) is 4.17. The minimum atomic E-state index is -0.491. The monoisotopic (exact) mass is 292 g/mol. The molecule has 1 amide bonds. The van der Waals surface area contributed by atoms with E-state index in [1.807, 2.05) is 0 Å². The SMILES string of the molecule is O=C(NCC1CCCCC1CO)c1ccc([N+](=O)[O-])cc1. The van der Waals surface area contributed by atoms with Crippen molar-refractivity contribution in [1.82, 2.24) is 5.32 Å². The molecule has 21 heavy (non-hydrogen) atoms. The van der Waals surface area contributed by atoms with Crippen molar-refractivity contribution < 1.29 is 14.8 Å². The fourth-order valence-corrected chi connectivity index (χ4v) is 2.85. The summed E-state index contributed by atoms with van der Waals surface area (Å²) in [4.78, 5) is 22.1. The zero-order chi connectivity index (χ0) is 15.2. The lowest BCUT2D eigenvalue weighted by Crippen LogP contribution is -2.35. The molecule has 0 saturated heterocycles. The number of non-ortho nitro benzene ring substituents is 1. The minimum absolute atomic E-state index is 0.0285. The third-order valence-electron chi connectivity index (χ3n) is 4.17. The van der Waals surface area contributed by atoms with E-state index in [-0.39, 0.29) is 24.1 Å². The fourth-order valence-electron chi connectivity index (χ4n) is 2.85. The minimum Gasteiger partial charge on any atom is -0.396 e. The van der Waals surface area contributed by atoms with Gasteiger partial charge in [-0.3, -0.25) is 14.9 Å². The van der Waals surface area contributed by atoms with Crippen molar-refractivity contribution in [1.29, 1.82) is 0 Å². The van der Waals surface area contributed by atoms with E-state index in [0.717, 1.165) is 25.7 Å². The molecule has 0 radical (unpaired) electrons. The predicted molar refractivity (Wildman–Crippen MR) is 78.0 cm³/mol. The summed E-state index contributed by atoms with van der Waals surface area (Å²) in [6.07, 6.45) is 4.30. The topological polar surface area (TPSA) is 92.5 Å². The van der Waals surface area contributed by atoms with Gasteiger partial charge in [0, 0.05) is 30.8 Å². The number of aliphatic hydroxyl groups excluding tert-OH is 1. The maximum Gasteiger partial charge on any atom is 0.269 e. The fraction of sp³-hybridized carbons (Fsp3) is 0.533. The van der Waals surface area contributed by atoms with Gasteiger partial charge in [-0.05, 0) is 36.8 Å². The van der Waals surface area contributed by atoms with Crippen LogP contribution in [-0.2, 0) is 0 Å². The second-order valence-corrected chi connectivity index (χ2v) is 5.50. The molecule has 2 unspecified atom stereocenters. The number of benzene rings is 1. The number of amides is 1. The van der Waals surface area contributed by atoms with Crippen LogP contribution in [0.1, 0.15) is 36.0 Å². The molecule has 0 aromatic heterocycles. The molecule has 1 aromatic rings. The summed E-state index contributed by atoms with van der Waals surface area (Å²) >= 11 is 0. The van der Waals surface area contributed by atoms with Crippen LogP contribution in [-0.4, -0.2) is 29.1 Å². The molecule has 1 aliphatic carbocycles. The lowest BCUT2D eigenvalue weighted by molar-refractivity contribution is -0.384. The van der Waals surface area contributed by atoms with Gasteiger partial charge in [0.1, 0.15) is 0 Å². The number of nitro groups is 1. The lowest BCUT2D eigenvalue weighted by atomic mass is 9.79. The van der Waals surface area contributed by atoms with Gasteiger partial charge in [0.25, 0.3) is 11.6 Å². The summed E-state index contributed by atoms with van der Waals surface area (Å²) in [6, 6.07) is 5.56. The van der Waals surface area contributed by atoms with Crippen LogP contribution in [0.3, 0.4) is 0 Å². The zero-order valence-corrected chi connectivity index (χ0v) is 11.8. The smallest absolute Gasteiger partial charge is 0.269 e. The maximum atomic E-state index is 12.0. The Labute approximate surface area is 123 Å². The van der Waals surface area contributed by atoms with Crippen LogP contribution in [0.4, 0.5) is 5.69 Å². The highest BCUT2D eigenvalue weighted by atomic mass is 16.6. The van der Waals surface area contributed by atoms with Gasteiger partial charge in [-0.1, -0.05) is 12.8 Å². The van der Waals surface area contributed by atoms with Crippen molar-refractivity contribution in [2.45, 2.75) is 25.7 Å². The molecule has 0 spiro atoms. The predicted octanol–water partition coefficient (Wildman–Crippen LogP) is 2.12. The first-order valence-electron chi connectivity index (χ1n) is 7.25. The van der Waals surface area contributed by atoms with Gasteiger partial charge in [0.2, 0.25) is 0 Å². The molecule has 1 aromatic carbocycles. The maximum absolute atomic E-state index is 12.0. The average Bonchev–Trinajstić information content (AvgIpc) is 2.52. The highest BCUT2D eigenvalue weighted by molar-refractivity contribution is 5.94. The van der Waals surface area contributed by atoms with Crippen molar-refractivity contribution in [2.75, 3.05) is 13.2 Å². The molecule has 1 aliphatic rings. The summed E-state index contributed by atoms with van der Waals surface area (Å²) in [5.41, 5.74) is 0.385. The van der Waals surface area contributed by atoms with Gasteiger partial charge in [-0.15, -0.1) is 0 Å². The number of carbonyl (C=O) groups excluding carboxylic acids is 1. The largest absolute Gasteiger partial charge is 0.396 e. The van der Waals surface area contributed by atoms with E-state index in [1.165, 1.54) is 24.3 Å². The van der Waals surface area contributed by atoms with Gasteiger partial charge in [0.15, 0.2) is 0 Å². The Balaban J connectivity index is 1.90. The Kier molecular flexibility index (Phi) is 5.27. The number of carbonyl (C=O) groups is 1. The Morgan fingerprint density at radius 1 is 1.24 bits per heavy atom. The van der Waals surface area contributed by atoms with Gasteiger partial charge in [-0.25, -0.2) is 0 Å². The van der Waals surface area contributed by atoms with Gasteiger partial charge in [-0.2, -0.15) is 0 Å². The molecule has 6 nitrogen and oxygen atoms in total. The number of hydrogen-bond acceptors (Lipinski definition) is 4. The highest BCUT2D eigenvalue weighted by Crippen LogP contribution is 2.29. The summed E-state index contributed by atoms with van der Waals surface area (Å²) in [5, 5.41) is 22.8. The van der Waals surface area contributed by atoms with Gasteiger partial charge >= 0.3 is 0 Å². The molecule has 0 bridgehead atoms. The molecule has 0 aliphatic heterocycles. The van der Waals surface area contributed by atoms with Crippen LogP contribution in [0.25, 0.3) is 0 Å². The number of nitrogens with one attached hydrogen (secondary N) is 1. The quantitative estimate of drug-likeness (QED) is 0.642. The molecule has 2 atom stereocenters. The Hall–Kier alpha value is -1.95. The van der Waals surface area contributed by atoms with Crippen LogP contribution in [0, 0.1) is 22.0 Å². The molecular formula is C15H20N2O4. The van der Waals surface area contributed by atoms with Crippen molar-refractivity contribution in [3.05, 3.63) is 39.9 Å². The number of nitrogens with zero attached hydrogens (tertiary/aromatic N) is 1. The van der Waals surface area contributed by atoms with Crippen LogP contribution < -0.4 is 5.32 Å². The third kappa shape index (κ3) is 4.01. The van der Waals surface area contributed by atoms with E-state index in [2.05, 4.69) is 5.32 Å². The Morgan fingerprint density at radius 2 is 1.86 bits per heavy atom. The first-order chi connectivity index (χ1) is 10.1. The second-order valence-electron chi connectivity index (χ2n) is 5.50. The Morgan fingerprint density at radius 3 is 2.43 bits per heavy atom. The van der Waals surface area contributed by atoms with Gasteiger partial charge < -0.3 is 10.4 Å². The zero-order valence-electron chi connectivity index (χ0n) is 11.8. The van der Waals surface area contributed by atoms with Crippen LogP contribution in [0.15, 0.2) is 24.3 Å². The molecular weight excluding hydrogens is 272 g/mol. The van der Waals surface area contributed by atoms with E-state index >= 15 is 0 Å². The lowest BCUT2D eigenvalue weighted by Gasteiger charge is -2.30. The molecule has 1 saturated carbocycles. The van der Waals surface area contributed by atoms with E-state index in [4.69, 9.17) is 0 Å². The molecule has 1 fully saturated rings. The summed E-state index contributed by atoms with van der Waals surface area (Å²) in [6.45, 7) is 0.707. The van der Waals surface area contributed by atoms with E-state index in [1.54, 1.807) is 0 Å². The van der Waals surface area contributed by atoms with Gasteiger partial charge in [0.05, 0.1) is 4.92 Å². The molecule has 6 heteroatoms. The van der Waals surface area contributed by atoms with Crippen molar-refractivity contribution in [2.24, 2.45) is 11.8 Å². The highest BCUT2D eigenvalue weighted by Gasteiger charge is 2.24. The first-order valence-corrected chi connectivity index (χ1v) is 7.25. The van der Waals surface area contributed by atoms with E-state index in [0.29, 0.717) is 18.0 Å². The Bertz CT molecular complexity index is 501. The molecule has 114 valence electrons. The number of aliphatic hydroxyl groups is 1. The average molecular weight is 292 g/mol. The van der Waals surface area contributed by atoms with Crippen molar-refractivity contribution in [3.63, 3.8) is 0 Å². The second kappa shape index (κ2) is 7.17. The number of nitro benzene ring substituents is 1. The summed E-state index contributed by atoms with van der Waals surface area (Å²) < 4.78 is 0. The van der Waals surface area contributed by atoms with E-state index < -0.39 is 4.92 Å². The molecule has 2 rings (SSSR count). The van der Waals surface area contributed by atoms with Crippen LogP contribution in [0.2, 0.25) is 0 Å². The molecule has 0 heterocycles. The van der Waals surface area contributed by atoms with Crippen LogP contribution in [0.5, 0.6) is 0 Å². The van der Waals surface area contributed by atoms with E-state index in [9.17, 15) is 20.0 Å². The number of rotatable bonds is 5. The first kappa shape index (κ1) is 15.4. The normalized spacial score (nSPS) is 21.8. The summed E-state index contributed by atoms with van der Waals surface area (Å²) in [5.74, 6) is 0.342. The van der Waals surface area contributed by atoms with Crippen molar-refractivity contribution in [3.8, 4) is 0 Å². The standard InChI is InChI=1S/C15H20N2O4/c18-10-13-4-2-1-3-12(13)9-16-15(19)11-5-7-14(8-6-11)17(20)21/h5-8,12-13,18H,1-4,9-10H2,(H,16,19). The summed E-state index contributed by atoms with van der Waals surface area (Å²) in [7, 11) is 0.